The van der Waals surface area contributed by atoms with Crippen LogP contribution in [0.2, 0.25) is 0 Å². The van der Waals surface area contributed by atoms with E-state index in [-0.39, 0.29) is 23.4 Å². The highest BCUT2D eigenvalue weighted by atomic mass is 19.4. The first kappa shape index (κ1) is 21.6. The average molecular weight is 421 g/mol. The summed E-state index contributed by atoms with van der Waals surface area (Å²) in [6.45, 7) is 3.59. The van der Waals surface area contributed by atoms with Gasteiger partial charge in [0.25, 0.3) is 0 Å². The van der Waals surface area contributed by atoms with Gasteiger partial charge in [-0.2, -0.15) is 13.2 Å². The Hall–Kier alpha value is -3.10. The third-order valence-corrected chi connectivity index (χ3v) is 5.07. The molecule has 0 N–H and O–H groups in total. The Morgan fingerprint density at radius 3 is 2.50 bits per heavy atom. The number of alkyl halides is 3. The molecule has 0 fully saturated rings. The molecule has 0 bridgehead atoms. The Kier molecular flexibility index (Phi) is 6.00. The second-order valence-electron chi connectivity index (χ2n) is 7.05. The van der Waals surface area contributed by atoms with Crippen LogP contribution >= 0.6 is 0 Å². The Morgan fingerprint density at radius 2 is 1.83 bits per heavy atom. The monoisotopic (exact) mass is 421 g/mol. The molecule has 6 nitrogen and oxygen atoms in total. The van der Waals surface area contributed by atoms with Gasteiger partial charge in [-0.05, 0) is 38.5 Å². The largest absolute Gasteiger partial charge is 0.469 e. The Balaban J connectivity index is 1.89. The topological polar surface area (TPSA) is 66.1 Å². The minimum absolute atomic E-state index is 0.186. The van der Waals surface area contributed by atoms with Crippen LogP contribution in [0.5, 0.6) is 0 Å². The predicted octanol–water partition coefficient (Wildman–Crippen LogP) is 4.31. The number of carbonyl (C=O) groups excluding carboxylic acids is 2. The summed E-state index contributed by atoms with van der Waals surface area (Å²) in [6.07, 6.45) is -3.90. The molecule has 0 unspecified atom stereocenters. The SMILES string of the molecule is COC(=O)CCCn1c(C)cc(C(=O)Cn2c(C(F)(F)F)nc3ccccc32)c1C. The van der Waals surface area contributed by atoms with Gasteiger partial charge in [-0.3, -0.25) is 9.59 Å². The molecule has 3 rings (SSSR count). The number of Topliss-reactive ketones (excluding diaryl/α,β-unsaturated/α-hetero) is 1. The van der Waals surface area contributed by atoms with Gasteiger partial charge < -0.3 is 13.9 Å². The summed E-state index contributed by atoms with van der Waals surface area (Å²) in [6, 6.07) is 7.88. The lowest BCUT2D eigenvalue weighted by Gasteiger charge is -2.12. The zero-order valence-corrected chi connectivity index (χ0v) is 16.9. The van der Waals surface area contributed by atoms with E-state index in [1.165, 1.54) is 19.2 Å². The van der Waals surface area contributed by atoms with Crippen LogP contribution in [-0.4, -0.2) is 33.0 Å². The van der Waals surface area contributed by atoms with E-state index in [1.54, 1.807) is 25.1 Å². The first-order chi connectivity index (χ1) is 14.1. The van der Waals surface area contributed by atoms with E-state index >= 15 is 0 Å². The number of esters is 1. The van der Waals surface area contributed by atoms with E-state index in [4.69, 9.17) is 0 Å². The number of ketones is 1. The average Bonchev–Trinajstić information content (AvgIpc) is 3.20. The number of ether oxygens (including phenoxy) is 1. The van der Waals surface area contributed by atoms with Crippen molar-refractivity contribution in [3.8, 4) is 0 Å². The number of fused-ring (bicyclic) bond motifs is 1. The number of rotatable bonds is 7. The first-order valence-corrected chi connectivity index (χ1v) is 9.42. The van der Waals surface area contributed by atoms with E-state index in [0.29, 0.717) is 24.2 Å². The minimum Gasteiger partial charge on any atom is -0.469 e. The lowest BCUT2D eigenvalue weighted by Crippen LogP contribution is -2.19. The molecule has 2 heterocycles. The number of aromatic nitrogens is 3. The minimum atomic E-state index is -4.68. The molecule has 9 heteroatoms. The van der Waals surface area contributed by atoms with Crippen molar-refractivity contribution in [1.29, 1.82) is 0 Å². The lowest BCUT2D eigenvalue weighted by molar-refractivity contribution is -0.146. The molecule has 0 aliphatic carbocycles. The standard InChI is InChI=1S/C21H22F3N3O3/c1-13-11-15(14(2)26(13)10-6-9-19(29)30-3)18(28)12-27-17-8-5-4-7-16(17)25-20(27)21(22,23)24/h4-5,7-8,11H,6,9-10,12H2,1-3H3. The Labute approximate surface area is 171 Å². The first-order valence-electron chi connectivity index (χ1n) is 9.42. The van der Waals surface area contributed by atoms with Gasteiger partial charge in [-0.1, -0.05) is 12.1 Å². The van der Waals surface area contributed by atoms with Crippen LogP contribution in [0.25, 0.3) is 11.0 Å². The number of hydrogen-bond acceptors (Lipinski definition) is 4. The number of hydrogen-bond donors (Lipinski definition) is 0. The molecule has 30 heavy (non-hydrogen) atoms. The van der Waals surface area contributed by atoms with Gasteiger partial charge >= 0.3 is 12.1 Å². The molecule has 3 aromatic rings. The molecule has 1 aromatic carbocycles. The van der Waals surface area contributed by atoms with Gasteiger partial charge in [0.05, 0.1) is 24.7 Å². The second kappa shape index (κ2) is 8.33. The van der Waals surface area contributed by atoms with E-state index in [1.807, 2.05) is 11.5 Å². The van der Waals surface area contributed by atoms with Crippen molar-refractivity contribution in [3.63, 3.8) is 0 Å². The summed E-state index contributed by atoms with van der Waals surface area (Å²) < 4.78 is 47.9. The lowest BCUT2D eigenvalue weighted by atomic mass is 10.1. The zero-order valence-electron chi connectivity index (χ0n) is 16.9. The molecular weight excluding hydrogens is 399 g/mol. The van der Waals surface area contributed by atoms with E-state index < -0.39 is 24.3 Å². The fourth-order valence-electron chi connectivity index (χ4n) is 3.59. The van der Waals surface area contributed by atoms with E-state index in [2.05, 4.69) is 9.72 Å². The molecule has 0 atom stereocenters. The molecular formula is C21H22F3N3O3. The number of methoxy groups -OCH3 is 1. The van der Waals surface area contributed by atoms with Gasteiger partial charge in [0.15, 0.2) is 5.78 Å². The van der Waals surface area contributed by atoms with Crippen LogP contribution in [0, 0.1) is 13.8 Å². The maximum atomic E-state index is 13.5. The van der Waals surface area contributed by atoms with Crippen molar-refractivity contribution in [1.82, 2.24) is 14.1 Å². The van der Waals surface area contributed by atoms with Crippen LogP contribution < -0.4 is 0 Å². The Bertz CT molecular complexity index is 1100. The molecule has 0 spiro atoms. The third-order valence-electron chi connectivity index (χ3n) is 5.07. The van der Waals surface area contributed by atoms with Crippen LogP contribution in [0.4, 0.5) is 13.2 Å². The van der Waals surface area contributed by atoms with Gasteiger partial charge in [0.2, 0.25) is 5.82 Å². The molecule has 0 saturated carbocycles. The number of para-hydroxylation sites is 2. The number of nitrogens with zero attached hydrogens (tertiary/aromatic N) is 3. The molecule has 0 radical (unpaired) electrons. The molecule has 0 aliphatic rings. The summed E-state index contributed by atoms with van der Waals surface area (Å²) in [5.41, 5.74) is 2.25. The van der Waals surface area contributed by atoms with Crippen molar-refractivity contribution in [2.24, 2.45) is 0 Å². The van der Waals surface area contributed by atoms with Crippen molar-refractivity contribution >= 4 is 22.8 Å². The number of halogens is 3. The smallest absolute Gasteiger partial charge is 0.449 e. The fourth-order valence-corrected chi connectivity index (χ4v) is 3.59. The molecule has 0 aliphatic heterocycles. The third kappa shape index (κ3) is 4.24. The van der Waals surface area contributed by atoms with Crippen LogP contribution in [-0.2, 0) is 28.8 Å². The van der Waals surface area contributed by atoms with Gasteiger partial charge in [-0.15, -0.1) is 0 Å². The number of benzene rings is 1. The van der Waals surface area contributed by atoms with Crippen molar-refractivity contribution in [2.45, 2.75) is 46.0 Å². The second-order valence-corrected chi connectivity index (χ2v) is 7.05. The maximum absolute atomic E-state index is 13.5. The highest BCUT2D eigenvalue weighted by molar-refractivity contribution is 5.98. The number of aryl methyl sites for hydroxylation is 1. The number of imidazole rings is 1. The van der Waals surface area contributed by atoms with E-state index in [0.717, 1.165) is 10.3 Å². The molecule has 160 valence electrons. The highest BCUT2D eigenvalue weighted by Gasteiger charge is 2.38. The van der Waals surface area contributed by atoms with Gasteiger partial charge in [0.1, 0.15) is 0 Å². The molecule has 0 saturated heterocycles. The van der Waals surface area contributed by atoms with Crippen molar-refractivity contribution < 1.29 is 27.5 Å². The summed E-state index contributed by atoms with van der Waals surface area (Å²) in [4.78, 5) is 27.9. The normalized spacial score (nSPS) is 11.8. The summed E-state index contributed by atoms with van der Waals surface area (Å²) in [5, 5.41) is 0. The quantitative estimate of drug-likeness (QED) is 0.421. The summed E-state index contributed by atoms with van der Waals surface area (Å²) >= 11 is 0. The van der Waals surface area contributed by atoms with Crippen LogP contribution in [0.1, 0.15) is 40.4 Å². The van der Waals surface area contributed by atoms with Crippen molar-refractivity contribution in [2.75, 3.05) is 7.11 Å². The zero-order chi connectivity index (χ0) is 22.1. The van der Waals surface area contributed by atoms with Gasteiger partial charge in [-0.25, -0.2) is 4.98 Å². The molecule has 2 aromatic heterocycles. The summed E-state index contributed by atoms with van der Waals surface area (Å²) in [5.74, 6) is -1.85. The van der Waals surface area contributed by atoms with Crippen molar-refractivity contribution in [3.05, 3.63) is 53.1 Å². The molecule has 0 amide bonds. The highest BCUT2D eigenvalue weighted by Crippen LogP contribution is 2.32. The predicted molar refractivity (Wildman–Crippen MR) is 104 cm³/mol. The van der Waals surface area contributed by atoms with E-state index in [9.17, 15) is 22.8 Å². The number of carbonyl (C=O) groups is 2. The maximum Gasteiger partial charge on any atom is 0.449 e. The van der Waals surface area contributed by atoms with Crippen LogP contribution in [0.15, 0.2) is 30.3 Å². The fraction of sp³-hybridized carbons (Fsp3) is 0.381. The Morgan fingerprint density at radius 1 is 1.13 bits per heavy atom. The van der Waals surface area contributed by atoms with Gasteiger partial charge in [0, 0.05) is 29.9 Å². The van der Waals surface area contributed by atoms with Crippen LogP contribution in [0.3, 0.4) is 0 Å². The summed E-state index contributed by atoms with van der Waals surface area (Å²) in [7, 11) is 1.32.